The summed E-state index contributed by atoms with van der Waals surface area (Å²) in [5.41, 5.74) is 0.284. The smallest absolute Gasteiger partial charge is 0.204 e. The Kier molecular flexibility index (Phi) is 5.29. The van der Waals surface area contributed by atoms with Crippen LogP contribution in [0.1, 0.15) is 11.7 Å². The first kappa shape index (κ1) is 22.2. The molecule has 0 amide bonds. The molecule has 3 aromatic carbocycles. The second-order valence-corrected chi connectivity index (χ2v) is 7.91. The molecule has 2 heterocycles. The number of aliphatic hydroxyl groups excluding tert-OH is 1. The Morgan fingerprint density at radius 1 is 0.857 bits per heavy atom. The van der Waals surface area contributed by atoms with E-state index in [1.807, 2.05) is 0 Å². The van der Waals surface area contributed by atoms with Crippen LogP contribution in [0.4, 0.5) is 0 Å². The number of phenolic OH excluding ortho intramolecular Hbond substituents is 4. The van der Waals surface area contributed by atoms with E-state index in [1.54, 1.807) is 6.07 Å². The van der Waals surface area contributed by atoms with Crippen molar-refractivity contribution in [1.29, 1.82) is 0 Å². The predicted octanol–water partition coefficient (Wildman–Crippen LogP) is 3.16. The van der Waals surface area contributed by atoms with Gasteiger partial charge in [0.05, 0.1) is 13.7 Å². The highest BCUT2D eigenvalue weighted by Gasteiger charge is 2.37. The zero-order valence-electron chi connectivity index (χ0n) is 18.3. The average Bonchev–Trinajstić information content (AvgIpc) is 2.85. The van der Waals surface area contributed by atoms with Gasteiger partial charge in [-0.2, -0.15) is 0 Å². The van der Waals surface area contributed by atoms with Crippen LogP contribution in [-0.2, 0) is 0 Å². The first-order valence-corrected chi connectivity index (χ1v) is 10.5. The Hall–Kier alpha value is -4.57. The van der Waals surface area contributed by atoms with E-state index in [-0.39, 0.29) is 51.2 Å². The fourth-order valence-corrected chi connectivity index (χ4v) is 4.00. The standard InChI is InChI=1S/C25H20O10/c1-32-19-7-12(3-5-14(19)28)23-21(10-26)34-24-17(31)9-20-22(25(24)35-23)16(30)8-18(33-20)11-2-4-13(27)15(29)6-11/h2-9,21,23,26-29,31H,10H2,1H3/t21-,23-/m1/s1. The topological polar surface area (TPSA) is 159 Å². The highest BCUT2D eigenvalue weighted by Crippen LogP contribution is 2.49. The molecule has 0 fully saturated rings. The molecule has 10 heteroatoms. The normalized spacial score (nSPS) is 16.9. The van der Waals surface area contributed by atoms with Gasteiger partial charge in [0.1, 0.15) is 16.7 Å². The second kappa shape index (κ2) is 8.33. The third kappa shape index (κ3) is 3.69. The van der Waals surface area contributed by atoms with Crippen molar-refractivity contribution in [2.45, 2.75) is 12.2 Å². The van der Waals surface area contributed by atoms with E-state index in [9.17, 15) is 30.3 Å². The van der Waals surface area contributed by atoms with Gasteiger partial charge in [-0.1, -0.05) is 6.07 Å². The Balaban J connectivity index is 1.66. The molecule has 10 nitrogen and oxygen atoms in total. The summed E-state index contributed by atoms with van der Waals surface area (Å²) in [7, 11) is 1.39. The summed E-state index contributed by atoms with van der Waals surface area (Å²) in [6, 6.07) is 10.8. The molecule has 5 rings (SSSR count). The molecule has 180 valence electrons. The summed E-state index contributed by atoms with van der Waals surface area (Å²) in [5, 5.41) is 49.8. The molecule has 0 saturated carbocycles. The number of hydrogen-bond acceptors (Lipinski definition) is 10. The predicted molar refractivity (Wildman–Crippen MR) is 122 cm³/mol. The van der Waals surface area contributed by atoms with Gasteiger partial charge in [0.2, 0.25) is 5.75 Å². The first-order valence-electron chi connectivity index (χ1n) is 10.5. The molecule has 0 saturated heterocycles. The third-order valence-electron chi connectivity index (χ3n) is 5.73. The molecular formula is C25H20O10. The number of phenols is 4. The van der Waals surface area contributed by atoms with E-state index < -0.39 is 30.0 Å². The molecule has 5 N–H and O–H groups in total. The van der Waals surface area contributed by atoms with Gasteiger partial charge in [0, 0.05) is 23.3 Å². The van der Waals surface area contributed by atoms with Gasteiger partial charge >= 0.3 is 0 Å². The lowest BCUT2D eigenvalue weighted by atomic mass is 10.0. The number of benzene rings is 3. The molecule has 1 aromatic heterocycles. The SMILES string of the molecule is COc1cc([C@H]2Oc3c(c(O)cc4oc(-c5ccc(O)c(O)c5)cc(=O)c34)O[C@@H]2CO)ccc1O. The Bertz CT molecular complexity index is 1510. The fraction of sp³-hybridized carbons (Fsp3) is 0.160. The van der Waals surface area contributed by atoms with Crippen LogP contribution in [0.5, 0.6) is 40.2 Å². The fourth-order valence-electron chi connectivity index (χ4n) is 4.00. The number of fused-ring (bicyclic) bond motifs is 3. The number of aromatic hydroxyl groups is 4. The molecule has 2 atom stereocenters. The molecular weight excluding hydrogens is 460 g/mol. The molecule has 1 aliphatic heterocycles. The van der Waals surface area contributed by atoms with E-state index in [4.69, 9.17) is 18.6 Å². The van der Waals surface area contributed by atoms with E-state index >= 15 is 0 Å². The minimum absolute atomic E-state index is 0.00307. The van der Waals surface area contributed by atoms with E-state index in [1.165, 1.54) is 49.6 Å². The van der Waals surface area contributed by atoms with Crippen molar-refractivity contribution in [2.24, 2.45) is 0 Å². The van der Waals surface area contributed by atoms with Crippen molar-refractivity contribution < 1.29 is 44.2 Å². The number of methoxy groups -OCH3 is 1. The largest absolute Gasteiger partial charge is 0.504 e. The Morgan fingerprint density at radius 3 is 2.34 bits per heavy atom. The van der Waals surface area contributed by atoms with Crippen LogP contribution in [0, 0.1) is 0 Å². The van der Waals surface area contributed by atoms with Crippen LogP contribution in [0.2, 0.25) is 0 Å². The van der Waals surface area contributed by atoms with Gasteiger partial charge < -0.3 is 44.2 Å². The molecule has 0 unspecified atom stereocenters. The van der Waals surface area contributed by atoms with Crippen LogP contribution in [0.15, 0.2) is 57.7 Å². The zero-order valence-corrected chi connectivity index (χ0v) is 18.3. The lowest BCUT2D eigenvalue weighted by Crippen LogP contribution is -2.36. The number of aliphatic hydroxyl groups is 1. The maximum atomic E-state index is 13.2. The lowest BCUT2D eigenvalue weighted by Gasteiger charge is -2.34. The van der Waals surface area contributed by atoms with E-state index in [0.717, 1.165) is 0 Å². The minimum Gasteiger partial charge on any atom is -0.504 e. The summed E-state index contributed by atoms with van der Waals surface area (Å²) in [4.78, 5) is 13.2. The summed E-state index contributed by atoms with van der Waals surface area (Å²) in [6.07, 6.45) is -1.86. The first-order chi connectivity index (χ1) is 16.8. The van der Waals surface area contributed by atoms with Crippen LogP contribution < -0.4 is 19.6 Å². The molecule has 0 aliphatic carbocycles. The number of rotatable bonds is 4. The monoisotopic (exact) mass is 480 g/mol. The third-order valence-corrected chi connectivity index (χ3v) is 5.73. The Labute approximate surface area is 197 Å². The van der Waals surface area contributed by atoms with Gasteiger partial charge in [-0.25, -0.2) is 0 Å². The minimum atomic E-state index is -0.939. The maximum absolute atomic E-state index is 13.2. The highest BCUT2D eigenvalue weighted by atomic mass is 16.6. The summed E-state index contributed by atoms with van der Waals surface area (Å²) >= 11 is 0. The zero-order chi connectivity index (χ0) is 24.9. The van der Waals surface area contributed by atoms with Gasteiger partial charge in [-0.15, -0.1) is 0 Å². The van der Waals surface area contributed by atoms with Crippen molar-refractivity contribution in [3.8, 4) is 51.6 Å². The van der Waals surface area contributed by atoms with Crippen molar-refractivity contribution in [3.63, 3.8) is 0 Å². The average molecular weight is 480 g/mol. The molecule has 4 aromatic rings. The van der Waals surface area contributed by atoms with Gasteiger partial charge in [0.25, 0.3) is 0 Å². The van der Waals surface area contributed by atoms with Crippen molar-refractivity contribution >= 4 is 11.0 Å². The van der Waals surface area contributed by atoms with Crippen LogP contribution in [-0.4, -0.2) is 45.4 Å². The summed E-state index contributed by atoms with van der Waals surface area (Å²) in [6.45, 7) is -0.470. The second-order valence-electron chi connectivity index (χ2n) is 7.91. The van der Waals surface area contributed by atoms with Crippen molar-refractivity contribution in [2.75, 3.05) is 13.7 Å². The Morgan fingerprint density at radius 2 is 1.63 bits per heavy atom. The maximum Gasteiger partial charge on any atom is 0.204 e. The quantitative estimate of drug-likeness (QED) is 0.275. The molecule has 35 heavy (non-hydrogen) atoms. The molecule has 0 spiro atoms. The summed E-state index contributed by atoms with van der Waals surface area (Å²) in [5.74, 6) is -1.12. The molecule has 0 bridgehead atoms. The van der Waals surface area contributed by atoms with Crippen LogP contribution in [0.3, 0.4) is 0 Å². The van der Waals surface area contributed by atoms with Crippen molar-refractivity contribution in [3.05, 3.63) is 64.3 Å². The number of ether oxygens (including phenoxy) is 3. The molecule has 0 radical (unpaired) electrons. The van der Waals surface area contributed by atoms with Crippen molar-refractivity contribution in [1.82, 2.24) is 0 Å². The van der Waals surface area contributed by atoms with Gasteiger partial charge in [-0.3, -0.25) is 4.79 Å². The molecule has 1 aliphatic rings. The van der Waals surface area contributed by atoms with Gasteiger partial charge in [0.15, 0.2) is 52.1 Å². The number of hydrogen-bond donors (Lipinski definition) is 5. The van der Waals surface area contributed by atoms with Crippen LogP contribution in [0.25, 0.3) is 22.3 Å². The highest BCUT2D eigenvalue weighted by molar-refractivity contribution is 5.90. The van der Waals surface area contributed by atoms with E-state index in [0.29, 0.717) is 11.1 Å². The van der Waals surface area contributed by atoms with Gasteiger partial charge in [-0.05, 0) is 30.3 Å². The van der Waals surface area contributed by atoms with E-state index in [2.05, 4.69) is 0 Å². The van der Waals surface area contributed by atoms with Crippen LogP contribution >= 0.6 is 0 Å². The lowest BCUT2D eigenvalue weighted by molar-refractivity contribution is -0.0130. The summed E-state index contributed by atoms with van der Waals surface area (Å²) < 4.78 is 22.9.